The summed E-state index contributed by atoms with van der Waals surface area (Å²) < 4.78 is 7.40. The van der Waals surface area contributed by atoms with Gasteiger partial charge in [0, 0.05) is 18.6 Å². The van der Waals surface area contributed by atoms with E-state index in [9.17, 15) is 4.79 Å². The molecule has 0 atom stereocenters. The van der Waals surface area contributed by atoms with Crippen molar-refractivity contribution in [2.24, 2.45) is 0 Å². The molecule has 25 heavy (non-hydrogen) atoms. The lowest BCUT2D eigenvalue weighted by Gasteiger charge is -2.06. The van der Waals surface area contributed by atoms with E-state index in [1.165, 1.54) is 63.9 Å². The van der Waals surface area contributed by atoms with Crippen LogP contribution in [-0.4, -0.2) is 5.97 Å². The van der Waals surface area contributed by atoms with Crippen LogP contribution in [0.25, 0.3) is 0 Å². The van der Waals surface area contributed by atoms with E-state index < -0.39 is 5.97 Å². The van der Waals surface area contributed by atoms with Gasteiger partial charge in [-0.25, -0.2) is 4.79 Å². The number of carbonyl (C=O) groups is 1. The van der Waals surface area contributed by atoms with Crippen molar-refractivity contribution in [3.05, 3.63) is 36.5 Å². The zero-order valence-corrected chi connectivity index (χ0v) is 16.7. The number of esters is 1. The monoisotopic (exact) mass is 367 g/mol. The summed E-state index contributed by atoms with van der Waals surface area (Å²) in [7, 11) is 0. The highest BCUT2D eigenvalue weighted by Crippen LogP contribution is 2.13. The normalized spacial score (nSPS) is 10.2. The third kappa shape index (κ3) is 10.3. The number of rotatable bonds is 13. The Bertz CT molecular complexity index is 503. The fourth-order valence-corrected chi connectivity index (χ4v) is 2.88. The van der Waals surface area contributed by atoms with Gasteiger partial charge < -0.3 is 17.1 Å². The van der Waals surface area contributed by atoms with Crippen LogP contribution in [0.1, 0.15) is 76.7 Å². The van der Waals surface area contributed by atoms with Crippen molar-refractivity contribution in [3.63, 3.8) is 0 Å². The molecule has 3 nitrogen and oxygen atoms in total. The van der Waals surface area contributed by atoms with Gasteiger partial charge in [0.2, 0.25) is 0 Å². The van der Waals surface area contributed by atoms with Crippen molar-refractivity contribution in [3.8, 4) is 5.88 Å². The molecule has 1 rings (SSSR count). The number of ether oxygens (including phenoxy) is 1. The average Bonchev–Trinajstić information content (AvgIpc) is 2.59. The van der Waals surface area contributed by atoms with Crippen LogP contribution in [0.5, 0.6) is 5.88 Å². The third-order valence-corrected chi connectivity index (χ3v) is 4.33. The molecule has 0 aliphatic rings. The van der Waals surface area contributed by atoms with Crippen molar-refractivity contribution in [2.45, 2.75) is 84.6 Å². The van der Waals surface area contributed by atoms with Gasteiger partial charge in [-0.3, -0.25) is 0 Å². The Balaban J connectivity index is 0.00000576. The average molecular weight is 368 g/mol. The largest absolute Gasteiger partial charge is 1.00 e. The third-order valence-electron chi connectivity index (χ3n) is 4.33. The number of halogens is 1. The number of aryl methyl sites for hydroxylation is 2. The number of aromatic nitrogens is 1. The lowest BCUT2D eigenvalue weighted by Crippen LogP contribution is -3.00. The van der Waals surface area contributed by atoms with Crippen LogP contribution in [0.2, 0.25) is 0 Å². The Hall–Kier alpha value is -1.35. The zero-order chi connectivity index (χ0) is 17.6. The van der Waals surface area contributed by atoms with Gasteiger partial charge in [-0.05, 0) is 19.4 Å². The summed E-state index contributed by atoms with van der Waals surface area (Å²) in [6.07, 6.45) is 16.4. The molecule has 0 aromatic carbocycles. The quantitative estimate of drug-likeness (QED) is 0.232. The maximum atomic E-state index is 11.5. The number of unbranched alkanes of at least 4 members (excludes halogenated alkanes) is 9. The minimum absolute atomic E-state index is 0. The molecular weight excluding hydrogens is 334 g/mol. The topological polar surface area (TPSA) is 30.2 Å². The molecule has 0 aliphatic heterocycles. The van der Waals surface area contributed by atoms with Crippen LogP contribution in [0, 0.1) is 6.92 Å². The molecule has 0 N–H and O–H groups in total. The first kappa shape index (κ1) is 23.6. The number of pyridine rings is 1. The first-order chi connectivity index (χ1) is 11.7. The van der Waals surface area contributed by atoms with Crippen LogP contribution in [0.4, 0.5) is 0 Å². The first-order valence-corrected chi connectivity index (χ1v) is 9.52. The van der Waals surface area contributed by atoms with Crippen molar-refractivity contribution in [1.29, 1.82) is 0 Å². The molecule has 142 valence electrons. The molecule has 1 heterocycles. The smallest absolute Gasteiger partial charge is 0.378 e. The van der Waals surface area contributed by atoms with E-state index in [1.54, 1.807) is 0 Å². The molecule has 0 saturated heterocycles. The molecule has 0 radical (unpaired) electrons. The van der Waals surface area contributed by atoms with Gasteiger partial charge >= 0.3 is 11.8 Å². The molecule has 0 spiro atoms. The Labute approximate surface area is 159 Å². The number of hydrogen-bond acceptors (Lipinski definition) is 2. The van der Waals surface area contributed by atoms with Crippen LogP contribution < -0.4 is 21.7 Å². The van der Waals surface area contributed by atoms with E-state index in [-0.39, 0.29) is 12.4 Å². The lowest BCUT2D eigenvalue weighted by atomic mass is 10.1. The van der Waals surface area contributed by atoms with Crippen molar-refractivity contribution in [1.82, 2.24) is 0 Å². The SMILES string of the molecule is C=CC(=O)Oc1c(C)ccc[n+]1CCCCCCCCCCCC.[Cl-]. The van der Waals surface area contributed by atoms with Gasteiger partial charge in [0.05, 0.1) is 5.56 Å². The molecule has 0 unspecified atom stereocenters. The highest BCUT2D eigenvalue weighted by atomic mass is 35.5. The molecule has 0 aliphatic carbocycles. The van der Waals surface area contributed by atoms with Gasteiger partial charge in [0.15, 0.2) is 12.7 Å². The van der Waals surface area contributed by atoms with Gasteiger partial charge in [0.1, 0.15) is 0 Å². The molecule has 1 aromatic heterocycles. The second kappa shape index (κ2) is 14.9. The highest BCUT2D eigenvalue weighted by Gasteiger charge is 2.17. The Morgan fingerprint density at radius 3 is 2.20 bits per heavy atom. The van der Waals surface area contributed by atoms with E-state index in [1.807, 2.05) is 29.8 Å². The number of nitrogens with zero attached hydrogens (tertiary/aromatic N) is 1. The second-order valence-electron chi connectivity index (χ2n) is 6.50. The van der Waals surface area contributed by atoms with E-state index in [0.29, 0.717) is 5.88 Å². The predicted octanol–water partition coefficient (Wildman–Crippen LogP) is 2.30. The van der Waals surface area contributed by atoms with Crippen LogP contribution in [-0.2, 0) is 11.3 Å². The van der Waals surface area contributed by atoms with Gasteiger partial charge in [-0.2, -0.15) is 4.57 Å². The van der Waals surface area contributed by atoms with Crippen molar-refractivity contribution >= 4 is 5.97 Å². The molecule has 0 bridgehead atoms. The van der Waals surface area contributed by atoms with Crippen LogP contribution >= 0.6 is 0 Å². The summed E-state index contributed by atoms with van der Waals surface area (Å²) >= 11 is 0. The lowest BCUT2D eigenvalue weighted by molar-refractivity contribution is -0.701. The minimum atomic E-state index is -0.402. The molecular formula is C21H34ClNO2. The van der Waals surface area contributed by atoms with E-state index in [4.69, 9.17) is 4.74 Å². The first-order valence-electron chi connectivity index (χ1n) is 9.52. The fourth-order valence-electron chi connectivity index (χ4n) is 2.88. The molecule has 0 amide bonds. The summed E-state index contributed by atoms with van der Waals surface area (Å²) in [6, 6.07) is 3.96. The van der Waals surface area contributed by atoms with Gasteiger partial charge in [-0.15, -0.1) is 0 Å². The van der Waals surface area contributed by atoms with Crippen molar-refractivity contribution in [2.75, 3.05) is 0 Å². The summed E-state index contributed by atoms with van der Waals surface area (Å²) in [6.45, 7) is 8.57. The highest BCUT2D eigenvalue weighted by molar-refractivity contribution is 5.83. The molecule has 0 fully saturated rings. The Morgan fingerprint density at radius 1 is 1.08 bits per heavy atom. The Kier molecular flexibility index (Phi) is 14.1. The number of carbonyl (C=O) groups excluding carboxylic acids is 1. The summed E-state index contributed by atoms with van der Waals surface area (Å²) in [4.78, 5) is 11.5. The Morgan fingerprint density at radius 2 is 1.64 bits per heavy atom. The van der Waals surface area contributed by atoms with E-state index in [0.717, 1.165) is 18.5 Å². The predicted molar refractivity (Wildman–Crippen MR) is 99.1 cm³/mol. The van der Waals surface area contributed by atoms with E-state index >= 15 is 0 Å². The molecule has 0 saturated carbocycles. The maximum Gasteiger partial charge on any atom is 0.378 e. The maximum absolute atomic E-state index is 11.5. The zero-order valence-electron chi connectivity index (χ0n) is 15.9. The van der Waals surface area contributed by atoms with E-state index in [2.05, 4.69) is 13.5 Å². The summed E-state index contributed by atoms with van der Waals surface area (Å²) in [5.74, 6) is 0.236. The summed E-state index contributed by atoms with van der Waals surface area (Å²) in [5.41, 5.74) is 0.972. The molecule has 1 aromatic rings. The van der Waals surface area contributed by atoms with Crippen molar-refractivity contribution < 1.29 is 26.5 Å². The second-order valence-corrected chi connectivity index (χ2v) is 6.50. The standard InChI is InChI=1S/C21H34NO2.ClH/c1-4-6-7-8-9-10-11-12-13-14-17-22-18-15-16-19(3)21(22)24-20(23)5-2;/h5,15-16,18H,2,4,6-14,17H2,1,3H3;1H/q+1;/p-1. The fraction of sp³-hybridized carbons (Fsp3) is 0.619. The minimum Gasteiger partial charge on any atom is -1.00 e. The van der Waals surface area contributed by atoms with Crippen LogP contribution in [0.15, 0.2) is 31.0 Å². The van der Waals surface area contributed by atoms with Crippen LogP contribution in [0.3, 0.4) is 0 Å². The summed E-state index contributed by atoms with van der Waals surface area (Å²) in [5, 5.41) is 0. The van der Waals surface area contributed by atoms with Gasteiger partial charge in [-0.1, -0.05) is 64.9 Å². The number of hydrogen-bond donors (Lipinski definition) is 0. The molecule has 4 heteroatoms. The van der Waals surface area contributed by atoms with Gasteiger partial charge in [0.25, 0.3) is 0 Å².